The fourth-order valence-corrected chi connectivity index (χ4v) is 6.94. The molecule has 1 aliphatic heterocycles. The molecule has 5 aromatic rings. The average molecular weight is 604 g/mol. The summed E-state index contributed by atoms with van der Waals surface area (Å²) in [7, 11) is 0. The van der Waals surface area contributed by atoms with Crippen molar-refractivity contribution in [3.8, 4) is 5.75 Å². The second-order valence-corrected chi connectivity index (χ2v) is 12.0. The minimum Gasteiger partial charge on any atom is -0.508 e. The molecule has 1 unspecified atom stereocenters. The van der Waals surface area contributed by atoms with Gasteiger partial charge in [0.1, 0.15) is 17.1 Å². The lowest BCUT2D eigenvalue weighted by molar-refractivity contribution is -0.132. The van der Waals surface area contributed by atoms with E-state index in [9.17, 15) is 19.8 Å². The molecule has 4 heterocycles. The van der Waals surface area contributed by atoms with Crippen LogP contribution in [0.4, 0.5) is 5.13 Å². The van der Waals surface area contributed by atoms with Gasteiger partial charge in [-0.05, 0) is 54.8 Å². The van der Waals surface area contributed by atoms with Crippen LogP contribution in [-0.4, -0.2) is 41.5 Å². The Morgan fingerprint density at radius 2 is 1.80 bits per heavy atom. The van der Waals surface area contributed by atoms with E-state index in [1.165, 1.54) is 28.8 Å². The highest BCUT2D eigenvalue weighted by Crippen LogP contribution is 2.44. The number of benzene rings is 2. The number of carbonyl (C=O) groups is 2. The Morgan fingerprint density at radius 3 is 2.54 bits per heavy atom. The standard InChI is InChI=1S/C29H22ClN5O4S2/c1-15-6-5-13-34-16(2)22(31-26(15)34)24(37)21-23(17-9-11-19(36)12-10-17)35(27(39)25(21)38)28-32-33-29(41-28)40-14-18-7-3-4-8-20(18)30/h3-13,23,36-37H,14H2,1-2H3. The minimum absolute atomic E-state index is 0.0200. The zero-order valence-corrected chi connectivity index (χ0v) is 24.2. The van der Waals surface area contributed by atoms with Crippen LogP contribution in [0.1, 0.15) is 34.1 Å². The van der Waals surface area contributed by atoms with Crippen molar-refractivity contribution >= 4 is 62.9 Å². The van der Waals surface area contributed by atoms with Crippen LogP contribution in [0.2, 0.25) is 5.02 Å². The molecule has 2 aromatic carbocycles. The third-order valence-electron chi connectivity index (χ3n) is 6.87. The summed E-state index contributed by atoms with van der Waals surface area (Å²) < 4.78 is 2.40. The third-order valence-corrected chi connectivity index (χ3v) is 9.35. The largest absolute Gasteiger partial charge is 0.508 e. The van der Waals surface area contributed by atoms with Crippen LogP contribution in [0.3, 0.4) is 0 Å². The van der Waals surface area contributed by atoms with Crippen LogP contribution < -0.4 is 4.90 Å². The van der Waals surface area contributed by atoms with Gasteiger partial charge in [-0.2, -0.15) is 0 Å². The second kappa shape index (κ2) is 10.7. The SMILES string of the molecule is Cc1cccn2c(C)c(C(O)=C3C(=O)C(=O)N(c4nnc(SCc5ccccc5Cl)s4)C3c3ccc(O)cc3)nc12. The first-order chi connectivity index (χ1) is 19.7. The van der Waals surface area contributed by atoms with E-state index in [1.54, 1.807) is 19.1 Å². The lowest BCUT2D eigenvalue weighted by Gasteiger charge is -2.22. The first-order valence-corrected chi connectivity index (χ1v) is 14.7. The van der Waals surface area contributed by atoms with E-state index in [1.807, 2.05) is 53.9 Å². The summed E-state index contributed by atoms with van der Waals surface area (Å²) in [5, 5.41) is 30.8. The number of hydrogen-bond donors (Lipinski definition) is 2. The van der Waals surface area contributed by atoms with Crippen LogP contribution in [0.15, 0.2) is 76.8 Å². The topological polar surface area (TPSA) is 121 Å². The van der Waals surface area contributed by atoms with Crippen LogP contribution in [0.5, 0.6) is 5.75 Å². The molecule has 0 saturated carbocycles. The number of aromatic hydroxyl groups is 1. The molecule has 41 heavy (non-hydrogen) atoms. The van der Waals surface area contributed by atoms with Crippen molar-refractivity contribution in [2.24, 2.45) is 0 Å². The van der Waals surface area contributed by atoms with Gasteiger partial charge in [-0.15, -0.1) is 10.2 Å². The third kappa shape index (κ3) is 4.75. The number of aryl methyl sites for hydroxylation is 2. The van der Waals surface area contributed by atoms with Crippen molar-refractivity contribution in [2.75, 3.05) is 4.90 Å². The van der Waals surface area contributed by atoms with Gasteiger partial charge in [-0.25, -0.2) is 4.98 Å². The molecule has 1 fully saturated rings. The summed E-state index contributed by atoms with van der Waals surface area (Å²) in [6.07, 6.45) is 1.82. The quantitative estimate of drug-likeness (QED) is 0.0787. The second-order valence-electron chi connectivity index (χ2n) is 9.42. The highest BCUT2D eigenvalue weighted by atomic mass is 35.5. The number of aliphatic hydroxyl groups excluding tert-OH is 1. The number of carbonyl (C=O) groups excluding carboxylic acids is 2. The highest BCUT2D eigenvalue weighted by Gasteiger charge is 2.48. The number of hydrogen-bond acceptors (Lipinski definition) is 9. The Labute approximate surface area is 247 Å². The van der Waals surface area contributed by atoms with Crippen LogP contribution >= 0.6 is 34.7 Å². The van der Waals surface area contributed by atoms with E-state index in [0.29, 0.717) is 32.0 Å². The molecule has 2 N–H and O–H groups in total. The first-order valence-electron chi connectivity index (χ1n) is 12.5. The number of nitrogens with zero attached hydrogens (tertiary/aromatic N) is 5. The van der Waals surface area contributed by atoms with E-state index in [4.69, 9.17) is 11.6 Å². The van der Waals surface area contributed by atoms with Gasteiger partial charge in [-0.3, -0.25) is 14.5 Å². The molecule has 0 bridgehead atoms. The minimum atomic E-state index is -1.02. The first kappa shape index (κ1) is 27.0. The molecule has 0 aliphatic carbocycles. The van der Waals surface area contributed by atoms with Crippen LogP contribution in [-0.2, 0) is 15.3 Å². The van der Waals surface area contributed by atoms with Gasteiger partial charge in [-0.1, -0.05) is 71.1 Å². The predicted molar refractivity (Wildman–Crippen MR) is 158 cm³/mol. The van der Waals surface area contributed by atoms with Gasteiger partial charge in [0.25, 0.3) is 5.78 Å². The van der Waals surface area contributed by atoms with E-state index >= 15 is 0 Å². The zero-order chi connectivity index (χ0) is 28.8. The Morgan fingerprint density at radius 1 is 1.05 bits per heavy atom. The van der Waals surface area contributed by atoms with Crippen molar-refractivity contribution in [2.45, 2.75) is 30.0 Å². The van der Waals surface area contributed by atoms with E-state index in [2.05, 4.69) is 15.2 Å². The van der Waals surface area contributed by atoms with Crippen molar-refractivity contribution in [1.82, 2.24) is 19.6 Å². The molecule has 206 valence electrons. The van der Waals surface area contributed by atoms with Crippen molar-refractivity contribution in [1.29, 1.82) is 0 Å². The number of thioether (sulfide) groups is 1. The summed E-state index contributed by atoms with van der Waals surface area (Å²) in [6.45, 7) is 3.69. The molecule has 9 nitrogen and oxygen atoms in total. The Balaban J connectivity index is 1.44. The Kier molecular flexibility index (Phi) is 7.02. The molecular weight excluding hydrogens is 582 g/mol. The molecule has 0 radical (unpaired) electrons. The van der Waals surface area contributed by atoms with Gasteiger partial charge >= 0.3 is 5.91 Å². The number of halogens is 1. The number of phenols is 1. The Hall–Kier alpha value is -4.19. The predicted octanol–water partition coefficient (Wildman–Crippen LogP) is 6.08. The number of ketones is 1. The van der Waals surface area contributed by atoms with Crippen LogP contribution in [0, 0.1) is 13.8 Å². The van der Waals surface area contributed by atoms with Crippen molar-refractivity contribution in [3.63, 3.8) is 0 Å². The van der Waals surface area contributed by atoms with Gasteiger partial charge in [0.2, 0.25) is 5.13 Å². The highest BCUT2D eigenvalue weighted by molar-refractivity contribution is 8.00. The average Bonchev–Trinajstić information content (AvgIpc) is 3.64. The summed E-state index contributed by atoms with van der Waals surface area (Å²) >= 11 is 8.85. The molecule has 1 atom stereocenters. The fraction of sp³-hybridized carbons (Fsp3) is 0.138. The summed E-state index contributed by atoms with van der Waals surface area (Å²) in [6, 6.07) is 16.4. The number of rotatable bonds is 6. The number of fused-ring (bicyclic) bond motifs is 1. The number of aliphatic hydroxyl groups is 1. The summed E-state index contributed by atoms with van der Waals surface area (Å²) in [5.74, 6) is -1.54. The number of imidazole rings is 1. The van der Waals surface area contributed by atoms with E-state index < -0.39 is 17.7 Å². The molecule has 1 amide bonds. The van der Waals surface area contributed by atoms with Crippen molar-refractivity contribution < 1.29 is 19.8 Å². The molecule has 1 aliphatic rings. The zero-order valence-electron chi connectivity index (χ0n) is 21.8. The normalized spacial score (nSPS) is 16.7. The lowest BCUT2D eigenvalue weighted by atomic mass is 9.96. The maximum Gasteiger partial charge on any atom is 0.301 e. The van der Waals surface area contributed by atoms with E-state index in [0.717, 1.165) is 22.5 Å². The maximum absolute atomic E-state index is 13.5. The molecular formula is C29H22ClN5O4S2. The molecule has 1 saturated heterocycles. The van der Waals surface area contributed by atoms with Gasteiger partial charge in [0.05, 0.1) is 17.3 Å². The number of pyridine rings is 1. The van der Waals surface area contributed by atoms with Crippen LogP contribution in [0.25, 0.3) is 11.4 Å². The molecule has 3 aromatic heterocycles. The Bertz CT molecular complexity index is 1860. The van der Waals surface area contributed by atoms with E-state index in [-0.39, 0.29) is 27.9 Å². The van der Waals surface area contributed by atoms with Crippen molar-refractivity contribution in [3.05, 3.63) is 106 Å². The smallest absolute Gasteiger partial charge is 0.301 e. The molecule has 12 heteroatoms. The number of aromatic nitrogens is 4. The van der Waals surface area contributed by atoms with Gasteiger partial charge in [0.15, 0.2) is 10.1 Å². The number of amides is 1. The lowest BCUT2D eigenvalue weighted by Crippen LogP contribution is -2.29. The van der Waals surface area contributed by atoms with Gasteiger partial charge < -0.3 is 14.6 Å². The number of Topliss-reactive ketones (excluding diaryl/α,β-unsaturated/α-hetero) is 1. The van der Waals surface area contributed by atoms with Gasteiger partial charge in [0, 0.05) is 17.0 Å². The monoisotopic (exact) mass is 603 g/mol. The summed E-state index contributed by atoms with van der Waals surface area (Å²) in [5.41, 5.74) is 3.65. The molecule has 0 spiro atoms. The maximum atomic E-state index is 13.5. The summed E-state index contributed by atoms with van der Waals surface area (Å²) in [4.78, 5) is 32.9. The number of phenolic OH excluding ortho intramolecular Hbond substituents is 1. The number of anilines is 1. The fourth-order valence-electron chi connectivity index (χ4n) is 4.79. The molecule has 6 rings (SSSR count).